The second-order valence-corrected chi connectivity index (χ2v) is 4.09. The molecular weight excluding hydrogens is 212 g/mol. The van der Waals surface area contributed by atoms with E-state index in [2.05, 4.69) is 10.1 Å². The molecule has 3 nitrogen and oxygen atoms in total. The Kier molecular flexibility index (Phi) is 2.73. The maximum absolute atomic E-state index is 5.83. The van der Waals surface area contributed by atoms with E-state index >= 15 is 0 Å². The van der Waals surface area contributed by atoms with Crippen LogP contribution in [0.15, 0.2) is 28.8 Å². The molecule has 0 fully saturated rings. The fourth-order valence-corrected chi connectivity index (χ4v) is 1.31. The van der Waals surface area contributed by atoms with Gasteiger partial charge in [0.1, 0.15) is 5.38 Å². The molecular formula is C11H11ClN2O. The predicted octanol–water partition coefficient (Wildman–Crippen LogP) is 3.34. The second-order valence-electron chi connectivity index (χ2n) is 3.44. The normalized spacial score (nSPS) is 12.7. The smallest absolute Gasteiger partial charge is 0.244 e. The standard InChI is InChI=1S/C11H11ClN2O/c1-7-3-5-9(6-4-7)10-13-11(8(2)12)15-14-10/h3-6,8H,1-2H3. The van der Waals surface area contributed by atoms with Gasteiger partial charge in [0, 0.05) is 5.56 Å². The molecule has 1 aromatic carbocycles. The van der Waals surface area contributed by atoms with Gasteiger partial charge in [-0.1, -0.05) is 35.0 Å². The summed E-state index contributed by atoms with van der Waals surface area (Å²) in [4.78, 5) is 4.20. The summed E-state index contributed by atoms with van der Waals surface area (Å²) in [5, 5.41) is 3.61. The molecule has 0 saturated carbocycles. The summed E-state index contributed by atoms with van der Waals surface area (Å²) in [7, 11) is 0. The number of alkyl halides is 1. The van der Waals surface area contributed by atoms with E-state index in [1.807, 2.05) is 31.2 Å². The van der Waals surface area contributed by atoms with Crippen LogP contribution in [-0.4, -0.2) is 10.1 Å². The van der Waals surface area contributed by atoms with Gasteiger partial charge in [-0.3, -0.25) is 0 Å². The van der Waals surface area contributed by atoms with Crippen molar-refractivity contribution in [1.29, 1.82) is 0 Å². The maximum atomic E-state index is 5.83. The molecule has 0 radical (unpaired) electrons. The van der Waals surface area contributed by atoms with Gasteiger partial charge >= 0.3 is 0 Å². The third-order valence-corrected chi connectivity index (χ3v) is 2.28. The molecule has 1 heterocycles. The number of aromatic nitrogens is 2. The fourth-order valence-electron chi connectivity index (χ4n) is 1.22. The number of hydrogen-bond donors (Lipinski definition) is 0. The molecule has 78 valence electrons. The number of benzene rings is 1. The van der Waals surface area contributed by atoms with Crippen molar-refractivity contribution in [3.8, 4) is 11.4 Å². The molecule has 1 aromatic heterocycles. The monoisotopic (exact) mass is 222 g/mol. The first kappa shape index (κ1) is 10.2. The van der Waals surface area contributed by atoms with Crippen LogP contribution in [0.1, 0.15) is 23.8 Å². The summed E-state index contributed by atoms with van der Waals surface area (Å²) in [6.45, 7) is 3.83. The lowest BCUT2D eigenvalue weighted by Crippen LogP contribution is -1.84. The number of aryl methyl sites for hydroxylation is 1. The van der Waals surface area contributed by atoms with E-state index in [-0.39, 0.29) is 5.38 Å². The Morgan fingerprint density at radius 1 is 1.27 bits per heavy atom. The van der Waals surface area contributed by atoms with Gasteiger partial charge in [-0.2, -0.15) is 4.98 Å². The Morgan fingerprint density at radius 2 is 1.93 bits per heavy atom. The van der Waals surface area contributed by atoms with Crippen LogP contribution in [0.3, 0.4) is 0 Å². The summed E-state index contributed by atoms with van der Waals surface area (Å²) in [5.74, 6) is 1.03. The minimum atomic E-state index is -0.253. The highest BCUT2D eigenvalue weighted by molar-refractivity contribution is 6.20. The summed E-state index contributed by atoms with van der Waals surface area (Å²) in [6, 6.07) is 7.94. The number of nitrogens with zero attached hydrogens (tertiary/aromatic N) is 2. The SMILES string of the molecule is Cc1ccc(-c2noc(C(C)Cl)n2)cc1. The van der Waals surface area contributed by atoms with Crippen molar-refractivity contribution in [1.82, 2.24) is 10.1 Å². The van der Waals surface area contributed by atoms with Crippen LogP contribution >= 0.6 is 11.6 Å². The van der Waals surface area contributed by atoms with E-state index in [0.29, 0.717) is 11.7 Å². The Balaban J connectivity index is 2.33. The van der Waals surface area contributed by atoms with Gasteiger partial charge in [0.2, 0.25) is 11.7 Å². The van der Waals surface area contributed by atoms with Gasteiger partial charge in [-0.15, -0.1) is 11.6 Å². The highest BCUT2D eigenvalue weighted by atomic mass is 35.5. The molecule has 0 aliphatic rings. The first-order chi connectivity index (χ1) is 7.16. The van der Waals surface area contributed by atoms with E-state index in [0.717, 1.165) is 5.56 Å². The van der Waals surface area contributed by atoms with Gasteiger partial charge in [0.25, 0.3) is 0 Å². The van der Waals surface area contributed by atoms with Crippen LogP contribution in [0.25, 0.3) is 11.4 Å². The van der Waals surface area contributed by atoms with Crippen molar-refractivity contribution < 1.29 is 4.52 Å². The lowest BCUT2D eigenvalue weighted by atomic mass is 10.1. The third kappa shape index (κ3) is 2.18. The molecule has 2 rings (SSSR count). The largest absolute Gasteiger partial charge is 0.337 e. The lowest BCUT2D eigenvalue weighted by Gasteiger charge is -1.94. The molecule has 0 bridgehead atoms. The minimum Gasteiger partial charge on any atom is -0.337 e. The summed E-state index contributed by atoms with van der Waals surface area (Å²) in [5.41, 5.74) is 2.14. The average Bonchev–Trinajstić information content (AvgIpc) is 2.68. The molecule has 2 aromatic rings. The summed E-state index contributed by atoms with van der Waals surface area (Å²) < 4.78 is 5.02. The first-order valence-electron chi connectivity index (χ1n) is 4.71. The van der Waals surface area contributed by atoms with Crippen LogP contribution < -0.4 is 0 Å². The van der Waals surface area contributed by atoms with Crippen molar-refractivity contribution in [3.05, 3.63) is 35.7 Å². The zero-order valence-electron chi connectivity index (χ0n) is 8.57. The molecule has 1 atom stereocenters. The predicted molar refractivity (Wildman–Crippen MR) is 58.7 cm³/mol. The molecule has 0 aliphatic heterocycles. The molecule has 1 unspecified atom stereocenters. The Hall–Kier alpha value is -1.35. The van der Waals surface area contributed by atoms with Gasteiger partial charge in [-0.05, 0) is 13.8 Å². The lowest BCUT2D eigenvalue weighted by molar-refractivity contribution is 0.379. The molecule has 4 heteroatoms. The fraction of sp³-hybridized carbons (Fsp3) is 0.273. The molecule has 0 aliphatic carbocycles. The van der Waals surface area contributed by atoms with Crippen LogP contribution in [-0.2, 0) is 0 Å². The van der Waals surface area contributed by atoms with E-state index in [1.54, 1.807) is 6.92 Å². The average molecular weight is 223 g/mol. The van der Waals surface area contributed by atoms with E-state index < -0.39 is 0 Å². The Labute approximate surface area is 93.1 Å². The van der Waals surface area contributed by atoms with E-state index in [4.69, 9.17) is 16.1 Å². The molecule has 0 saturated heterocycles. The van der Waals surface area contributed by atoms with E-state index in [9.17, 15) is 0 Å². The highest BCUT2D eigenvalue weighted by Crippen LogP contribution is 2.21. The van der Waals surface area contributed by atoms with Crippen molar-refractivity contribution >= 4 is 11.6 Å². The number of rotatable bonds is 2. The van der Waals surface area contributed by atoms with Crippen molar-refractivity contribution in [2.75, 3.05) is 0 Å². The van der Waals surface area contributed by atoms with Crippen LogP contribution in [0, 0.1) is 6.92 Å². The van der Waals surface area contributed by atoms with Crippen LogP contribution in [0.5, 0.6) is 0 Å². The van der Waals surface area contributed by atoms with Crippen molar-refractivity contribution in [2.45, 2.75) is 19.2 Å². The molecule has 0 spiro atoms. The highest BCUT2D eigenvalue weighted by Gasteiger charge is 2.12. The van der Waals surface area contributed by atoms with Gasteiger partial charge in [0.05, 0.1) is 0 Å². The number of halogens is 1. The molecule has 0 amide bonds. The summed E-state index contributed by atoms with van der Waals surface area (Å²) in [6.07, 6.45) is 0. The van der Waals surface area contributed by atoms with Crippen molar-refractivity contribution in [3.63, 3.8) is 0 Å². The molecule has 0 N–H and O–H groups in total. The zero-order chi connectivity index (χ0) is 10.8. The second kappa shape index (κ2) is 4.03. The van der Waals surface area contributed by atoms with Crippen LogP contribution in [0.4, 0.5) is 0 Å². The zero-order valence-corrected chi connectivity index (χ0v) is 9.32. The van der Waals surface area contributed by atoms with Gasteiger partial charge < -0.3 is 4.52 Å². The Bertz CT molecular complexity index is 448. The minimum absolute atomic E-state index is 0.253. The third-order valence-electron chi connectivity index (χ3n) is 2.09. The maximum Gasteiger partial charge on any atom is 0.244 e. The van der Waals surface area contributed by atoms with E-state index in [1.165, 1.54) is 5.56 Å². The topological polar surface area (TPSA) is 38.9 Å². The van der Waals surface area contributed by atoms with Gasteiger partial charge in [0.15, 0.2) is 0 Å². The summed E-state index contributed by atoms with van der Waals surface area (Å²) >= 11 is 5.83. The molecule has 15 heavy (non-hydrogen) atoms. The quantitative estimate of drug-likeness (QED) is 0.732. The number of hydrogen-bond acceptors (Lipinski definition) is 3. The van der Waals surface area contributed by atoms with Crippen LogP contribution in [0.2, 0.25) is 0 Å². The van der Waals surface area contributed by atoms with Gasteiger partial charge in [-0.25, -0.2) is 0 Å². The Morgan fingerprint density at radius 3 is 2.47 bits per heavy atom. The van der Waals surface area contributed by atoms with Crippen molar-refractivity contribution in [2.24, 2.45) is 0 Å². The first-order valence-corrected chi connectivity index (χ1v) is 5.15.